The topological polar surface area (TPSA) is 208 Å². The first-order chi connectivity index (χ1) is 15.7. The summed E-state index contributed by atoms with van der Waals surface area (Å²) < 4.78 is 21.0. The molecular formula is C20H35NO12S. The summed E-state index contributed by atoms with van der Waals surface area (Å²) in [5.74, 6) is -0.718. The molecule has 3 heterocycles. The van der Waals surface area contributed by atoms with Crippen molar-refractivity contribution in [3.05, 3.63) is 0 Å². The summed E-state index contributed by atoms with van der Waals surface area (Å²) in [6, 6.07) is -0.740. The van der Waals surface area contributed by atoms with E-state index < -0.39 is 96.3 Å². The van der Waals surface area contributed by atoms with Gasteiger partial charge in [-0.15, -0.1) is 11.8 Å². The molecule has 0 aliphatic carbocycles. The van der Waals surface area contributed by atoms with Crippen molar-refractivity contribution >= 4 is 17.7 Å². The number of rotatable bonds is 6. The number of hydrogen-bond acceptors (Lipinski definition) is 14. The lowest BCUT2D eigenvalue weighted by Crippen LogP contribution is -2.65. The van der Waals surface area contributed by atoms with Gasteiger partial charge in [0.05, 0.1) is 18.1 Å². The minimum atomic E-state index is -1.79. The first kappa shape index (κ1) is 28.0. The molecule has 14 heteroatoms. The number of esters is 1. The monoisotopic (exact) mass is 513 g/mol. The molecule has 0 radical (unpaired) electrons. The Labute approximate surface area is 201 Å². The molecule has 8 N–H and O–H groups in total. The predicted octanol–water partition coefficient (Wildman–Crippen LogP) is -3.63. The lowest BCUT2D eigenvalue weighted by atomic mass is 9.97. The number of thioether (sulfide) groups is 1. The van der Waals surface area contributed by atoms with E-state index in [4.69, 9.17) is 18.9 Å². The molecule has 0 spiro atoms. The van der Waals surface area contributed by atoms with E-state index >= 15 is 0 Å². The summed E-state index contributed by atoms with van der Waals surface area (Å²) in [6.07, 6.45) is -16.0. The second-order valence-corrected chi connectivity index (χ2v) is 12.0. The van der Waals surface area contributed by atoms with Gasteiger partial charge in [-0.05, 0) is 27.7 Å². The van der Waals surface area contributed by atoms with Crippen molar-refractivity contribution in [3.63, 3.8) is 0 Å². The van der Waals surface area contributed by atoms with Crippen LogP contribution in [0.1, 0.15) is 27.7 Å². The Morgan fingerprint density at radius 1 is 0.853 bits per heavy atom. The fourth-order valence-electron chi connectivity index (χ4n) is 4.45. The molecule has 0 amide bonds. The van der Waals surface area contributed by atoms with E-state index in [1.165, 1.54) is 11.8 Å². The highest BCUT2D eigenvalue weighted by Crippen LogP contribution is 2.44. The highest BCUT2D eigenvalue weighted by molar-refractivity contribution is 8.02. The standard InChI is InChI=1S/C20H35NO12S/c1-19(2)15(21-20(3,4)34-19)16(29)33-18-13(28)11(26)14(8(6-23)31-18)32-17-12(27)10(25)9(24)7(5-22)30-17/h7-15,17-18,21-28H,5-6H2,1-4H3/t7-,8-,9+,10+,11-,12-,13-,14-,15+,17+,18?/m1/s1. The van der Waals surface area contributed by atoms with Crippen molar-refractivity contribution in [2.45, 2.75) is 105 Å². The van der Waals surface area contributed by atoms with Crippen LogP contribution < -0.4 is 5.32 Å². The van der Waals surface area contributed by atoms with Crippen molar-refractivity contribution in [1.29, 1.82) is 0 Å². The molecule has 0 saturated carbocycles. The maximum Gasteiger partial charge on any atom is 0.327 e. The zero-order chi connectivity index (χ0) is 25.6. The van der Waals surface area contributed by atoms with Crippen LogP contribution >= 0.6 is 11.8 Å². The molecule has 13 nitrogen and oxygen atoms in total. The smallest absolute Gasteiger partial charge is 0.327 e. The molecule has 3 aliphatic rings. The highest BCUT2D eigenvalue weighted by Gasteiger charge is 2.54. The summed E-state index contributed by atoms with van der Waals surface area (Å²) in [5.41, 5.74) is 0. The molecule has 198 valence electrons. The summed E-state index contributed by atoms with van der Waals surface area (Å²) in [6.45, 7) is 6.12. The Hall–Kier alpha value is -0.620. The summed E-state index contributed by atoms with van der Waals surface area (Å²) in [4.78, 5) is 12.4. The number of ether oxygens (including phenoxy) is 4. The third-order valence-corrected chi connectivity index (χ3v) is 7.52. The maximum absolute atomic E-state index is 12.8. The van der Waals surface area contributed by atoms with Crippen molar-refractivity contribution in [3.8, 4) is 0 Å². The fourth-order valence-corrected chi connectivity index (χ4v) is 6.21. The molecule has 0 aromatic heterocycles. The van der Waals surface area contributed by atoms with Crippen molar-refractivity contribution in [1.82, 2.24) is 5.32 Å². The largest absolute Gasteiger partial charge is 0.432 e. The van der Waals surface area contributed by atoms with Crippen LogP contribution in [0.5, 0.6) is 0 Å². The number of hydrogen-bond donors (Lipinski definition) is 8. The Bertz CT molecular complexity index is 722. The Morgan fingerprint density at radius 3 is 1.94 bits per heavy atom. The third kappa shape index (κ3) is 5.53. The van der Waals surface area contributed by atoms with Crippen molar-refractivity contribution < 1.29 is 59.5 Å². The average Bonchev–Trinajstić information content (AvgIpc) is 3.00. The van der Waals surface area contributed by atoms with Gasteiger partial charge in [0.1, 0.15) is 54.9 Å². The molecule has 0 aromatic carbocycles. The van der Waals surface area contributed by atoms with E-state index in [1.54, 1.807) is 0 Å². The predicted molar refractivity (Wildman–Crippen MR) is 115 cm³/mol. The maximum atomic E-state index is 12.8. The number of aliphatic hydroxyl groups is 7. The van der Waals surface area contributed by atoms with Gasteiger partial charge in [-0.1, -0.05) is 0 Å². The van der Waals surface area contributed by atoms with E-state index in [2.05, 4.69) is 5.32 Å². The molecule has 3 fully saturated rings. The van der Waals surface area contributed by atoms with Crippen LogP contribution in [-0.4, -0.2) is 132 Å². The lowest BCUT2D eigenvalue weighted by Gasteiger charge is -2.45. The zero-order valence-corrected chi connectivity index (χ0v) is 20.2. The van der Waals surface area contributed by atoms with E-state index in [-0.39, 0.29) is 0 Å². The molecule has 11 atom stereocenters. The van der Waals surface area contributed by atoms with Crippen LogP contribution in [0.4, 0.5) is 0 Å². The van der Waals surface area contributed by atoms with Crippen LogP contribution in [0.15, 0.2) is 0 Å². The van der Waals surface area contributed by atoms with E-state index in [0.717, 1.165) is 0 Å². The number of nitrogens with one attached hydrogen (secondary N) is 1. The van der Waals surface area contributed by atoms with Crippen LogP contribution in [0.3, 0.4) is 0 Å². The quantitative estimate of drug-likeness (QED) is 0.161. The normalized spacial score (nSPS) is 46.3. The van der Waals surface area contributed by atoms with Crippen LogP contribution in [0.25, 0.3) is 0 Å². The van der Waals surface area contributed by atoms with Crippen LogP contribution in [-0.2, 0) is 23.7 Å². The number of aliphatic hydroxyl groups excluding tert-OH is 7. The van der Waals surface area contributed by atoms with Gasteiger partial charge in [0.2, 0.25) is 6.29 Å². The fraction of sp³-hybridized carbons (Fsp3) is 0.950. The van der Waals surface area contributed by atoms with Gasteiger partial charge in [0.25, 0.3) is 0 Å². The molecule has 1 unspecified atom stereocenters. The van der Waals surface area contributed by atoms with Crippen molar-refractivity contribution in [2.75, 3.05) is 13.2 Å². The van der Waals surface area contributed by atoms with Crippen LogP contribution in [0, 0.1) is 0 Å². The Balaban J connectivity index is 1.69. The van der Waals surface area contributed by atoms with Crippen LogP contribution in [0.2, 0.25) is 0 Å². The highest BCUT2D eigenvalue weighted by atomic mass is 32.2. The first-order valence-corrected chi connectivity index (χ1v) is 11.8. The second-order valence-electron chi connectivity index (χ2n) is 9.73. The summed E-state index contributed by atoms with van der Waals surface area (Å²) in [7, 11) is 0. The summed E-state index contributed by atoms with van der Waals surface area (Å²) in [5, 5.41) is 73.5. The van der Waals surface area contributed by atoms with Gasteiger partial charge < -0.3 is 54.7 Å². The molecule has 3 rings (SSSR count). The van der Waals surface area contributed by atoms with Gasteiger partial charge in [-0.2, -0.15) is 0 Å². The molecule has 0 bridgehead atoms. The van der Waals surface area contributed by atoms with Gasteiger partial charge in [-0.3, -0.25) is 10.1 Å². The van der Waals surface area contributed by atoms with Gasteiger partial charge >= 0.3 is 5.97 Å². The average molecular weight is 514 g/mol. The second kappa shape index (κ2) is 10.4. The Morgan fingerprint density at radius 2 is 1.41 bits per heavy atom. The molecular weight excluding hydrogens is 478 g/mol. The first-order valence-electron chi connectivity index (χ1n) is 11.0. The van der Waals surface area contributed by atoms with Gasteiger partial charge in [0, 0.05) is 4.75 Å². The third-order valence-electron chi connectivity index (χ3n) is 6.13. The van der Waals surface area contributed by atoms with Crippen molar-refractivity contribution in [2.24, 2.45) is 0 Å². The molecule has 34 heavy (non-hydrogen) atoms. The number of carbonyl (C=O) groups excluding carboxylic acids is 1. The van der Waals surface area contributed by atoms with Gasteiger partial charge in [0.15, 0.2) is 6.29 Å². The zero-order valence-electron chi connectivity index (χ0n) is 19.3. The Kier molecular flexibility index (Phi) is 8.55. The number of carbonyl (C=O) groups is 1. The SMILES string of the molecule is CC1(C)N[C@@H](C(=O)OC2O[C@H](CO)[C@@H](O[C@@H]3O[C@H](CO)[C@H](O)[C@H](O)[C@H]3O)[C@H](O)[C@H]2O)C(C)(C)S1. The summed E-state index contributed by atoms with van der Waals surface area (Å²) >= 11 is 1.53. The van der Waals surface area contributed by atoms with E-state index in [9.17, 15) is 40.5 Å². The van der Waals surface area contributed by atoms with E-state index in [0.29, 0.717) is 0 Å². The minimum absolute atomic E-state index is 0.406. The van der Waals surface area contributed by atoms with Gasteiger partial charge in [-0.25, -0.2) is 0 Å². The molecule has 0 aromatic rings. The molecule has 3 saturated heterocycles. The minimum Gasteiger partial charge on any atom is -0.432 e. The molecule has 3 aliphatic heterocycles. The van der Waals surface area contributed by atoms with E-state index in [1.807, 2.05) is 27.7 Å². The lowest BCUT2D eigenvalue weighted by molar-refractivity contribution is -0.356.